The van der Waals surface area contributed by atoms with Crippen molar-refractivity contribution in [2.45, 2.75) is 12.3 Å². The number of hydrogen-bond donors (Lipinski definition) is 0. The number of rotatable bonds is 3. The zero-order valence-electron chi connectivity index (χ0n) is 10.6. The van der Waals surface area contributed by atoms with Crippen molar-refractivity contribution in [1.29, 1.82) is 0 Å². The van der Waals surface area contributed by atoms with Gasteiger partial charge in [-0.15, -0.1) is 11.6 Å². The van der Waals surface area contributed by atoms with Crippen LogP contribution < -0.4 is 4.74 Å². The first kappa shape index (κ1) is 14.2. The van der Waals surface area contributed by atoms with E-state index in [-0.39, 0.29) is 11.2 Å². The van der Waals surface area contributed by atoms with Gasteiger partial charge in [0.2, 0.25) is 0 Å². The number of aryl methyl sites for hydroxylation is 1. The molecule has 0 heterocycles. The lowest BCUT2D eigenvalue weighted by Gasteiger charge is -2.13. The number of ether oxygens (including phenoxy) is 1. The summed E-state index contributed by atoms with van der Waals surface area (Å²) >= 11 is 12.5. The summed E-state index contributed by atoms with van der Waals surface area (Å²) in [4.78, 5) is 0. The Morgan fingerprint density at radius 3 is 2.32 bits per heavy atom. The van der Waals surface area contributed by atoms with E-state index >= 15 is 0 Å². The third kappa shape index (κ3) is 3.02. The molecule has 0 aliphatic rings. The molecule has 0 spiro atoms. The molecule has 2 aromatic carbocycles. The van der Waals surface area contributed by atoms with Crippen LogP contribution in [0.5, 0.6) is 5.75 Å². The van der Waals surface area contributed by atoms with Crippen molar-refractivity contribution in [3.05, 3.63) is 63.9 Å². The highest BCUT2D eigenvalue weighted by atomic mass is 35.5. The highest BCUT2D eigenvalue weighted by molar-refractivity contribution is 6.32. The Bertz CT molecular complexity index is 599. The number of hydrogen-bond acceptors (Lipinski definition) is 1. The normalized spacial score (nSPS) is 12.3. The monoisotopic (exact) mass is 298 g/mol. The smallest absolute Gasteiger partial charge is 0.137 e. The number of halogens is 3. The van der Waals surface area contributed by atoms with Crippen LogP contribution in [0.25, 0.3) is 0 Å². The Hall–Kier alpha value is -1.25. The maximum Gasteiger partial charge on any atom is 0.137 e. The summed E-state index contributed by atoms with van der Waals surface area (Å²) in [5, 5.41) is 0.132. The van der Waals surface area contributed by atoms with Gasteiger partial charge in [-0.1, -0.05) is 29.8 Å². The van der Waals surface area contributed by atoms with Crippen molar-refractivity contribution < 1.29 is 9.13 Å². The molecule has 0 aliphatic carbocycles. The molecule has 19 heavy (non-hydrogen) atoms. The van der Waals surface area contributed by atoms with E-state index in [4.69, 9.17) is 27.9 Å². The van der Waals surface area contributed by atoms with Gasteiger partial charge in [-0.2, -0.15) is 0 Å². The average molecular weight is 299 g/mol. The SMILES string of the molecule is COc1ccc(C(Cl)c2ccc(F)c(C)c2)cc1Cl. The third-order valence-electron chi connectivity index (χ3n) is 2.94. The Morgan fingerprint density at radius 2 is 1.74 bits per heavy atom. The molecule has 0 saturated heterocycles. The second-order valence-electron chi connectivity index (χ2n) is 4.27. The van der Waals surface area contributed by atoms with E-state index in [9.17, 15) is 4.39 Å². The van der Waals surface area contributed by atoms with Gasteiger partial charge in [0.05, 0.1) is 17.5 Å². The van der Waals surface area contributed by atoms with Crippen molar-refractivity contribution in [3.8, 4) is 5.75 Å². The first-order valence-electron chi connectivity index (χ1n) is 5.76. The molecular weight excluding hydrogens is 286 g/mol. The lowest BCUT2D eigenvalue weighted by molar-refractivity contribution is 0.415. The van der Waals surface area contributed by atoms with E-state index in [1.54, 1.807) is 38.3 Å². The van der Waals surface area contributed by atoms with E-state index in [0.29, 0.717) is 16.3 Å². The molecule has 2 rings (SSSR count). The third-order valence-corrected chi connectivity index (χ3v) is 3.74. The van der Waals surface area contributed by atoms with Gasteiger partial charge < -0.3 is 4.74 Å². The molecule has 0 N–H and O–H groups in total. The van der Waals surface area contributed by atoms with Gasteiger partial charge in [-0.3, -0.25) is 0 Å². The minimum atomic E-state index is -0.372. The lowest BCUT2D eigenvalue weighted by atomic mass is 10.0. The van der Waals surface area contributed by atoms with Gasteiger partial charge in [0.1, 0.15) is 11.6 Å². The van der Waals surface area contributed by atoms with Crippen molar-refractivity contribution in [1.82, 2.24) is 0 Å². The van der Waals surface area contributed by atoms with E-state index in [1.165, 1.54) is 6.07 Å². The second kappa shape index (κ2) is 5.81. The zero-order valence-corrected chi connectivity index (χ0v) is 12.1. The first-order chi connectivity index (χ1) is 9.02. The largest absolute Gasteiger partial charge is 0.495 e. The van der Waals surface area contributed by atoms with E-state index in [0.717, 1.165) is 11.1 Å². The summed E-state index contributed by atoms with van der Waals surface area (Å²) in [6, 6.07) is 10.2. The van der Waals surface area contributed by atoms with Crippen molar-refractivity contribution in [2.24, 2.45) is 0 Å². The van der Waals surface area contributed by atoms with Crippen molar-refractivity contribution >= 4 is 23.2 Å². The summed E-state index contributed by atoms with van der Waals surface area (Å²) in [6.07, 6.45) is 0. The van der Waals surface area contributed by atoms with Gasteiger partial charge in [0, 0.05) is 0 Å². The molecule has 1 nitrogen and oxygen atoms in total. The summed E-state index contributed by atoms with van der Waals surface area (Å²) in [7, 11) is 1.56. The average Bonchev–Trinajstić information content (AvgIpc) is 2.41. The van der Waals surface area contributed by atoms with Gasteiger partial charge in [0.15, 0.2) is 0 Å². The minimum absolute atomic E-state index is 0.236. The highest BCUT2D eigenvalue weighted by Gasteiger charge is 2.14. The fourth-order valence-corrected chi connectivity index (χ4v) is 2.40. The van der Waals surface area contributed by atoms with Crippen LogP contribution in [-0.2, 0) is 0 Å². The molecule has 4 heteroatoms. The Labute approximate surface area is 121 Å². The molecule has 1 atom stereocenters. The maximum atomic E-state index is 13.2. The van der Waals surface area contributed by atoms with Crippen LogP contribution in [0.2, 0.25) is 5.02 Å². The summed E-state index contributed by atoms with van der Waals surface area (Å²) < 4.78 is 18.3. The van der Waals surface area contributed by atoms with Crippen LogP contribution in [0, 0.1) is 12.7 Å². The predicted molar refractivity (Wildman–Crippen MR) is 76.8 cm³/mol. The van der Waals surface area contributed by atoms with Crippen LogP contribution >= 0.6 is 23.2 Å². The Balaban J connectivity index is 2.35. The quantitative estimate of drug-likeness (QED) is 0.714. The van der Waals surface area contributed by atoms with Gasteiger partial charge in [-0.05, 0) is 41.8 Å². The molecular formula is C15H13Cl2FO. The Morgan fingerprint density at radius 1 is 1.11 bits per heavy atom. The van der Waals surface area contributed by atoms with Crippen LogP contribution in [0.4, 0.5) is 4.39 Å². The van der Waals surface area contributed by atoms with Crippen LogP contribution in [-0.4, -0.2) is 7.11 Å². The molecule has 0 amide bonds. The van der Waals surface area contributed by atoms with Gasteiger partial charge >= 0.3 is 0 Å². The Kier molecular flexibility index (Phi) is 4.33. The summed E-state index contributed by atoms with van der Waals surface area (Å²) in [5.41, 5.74) is 2.25. The van der Waals surface area contributed by atoms with Gasteiger partial charge in [0.25, 0.3) is 0 Å². The molecule has 0 saturated carbocycles. The van der Waals surface area contributed by atoms with Crippen molar-refractivity contribution in [2.75, 3.05) is 7.11 Å². The second-order valence-corrected chi connectivity index (χ2v) is 5.11. The molecule has 0 radical (unpaired) electrons. The number of methoxy groups -OCH3 is 1. The summed E-state index contributed by atoms with van der Waals surface area (Å²) in [6.45, 7) is 1.71. The highest BCUT2D eigenvalue weighted by Crippen LogP contribution is 2.34. The summed E-state index contributed by atoms with van der Waals surface area (Å²) in [5.74, 6) is 0.366. The topological polar surface area (TPSA) is 9.23 Å². The fraction of sp³-hybridized carbons (Fsp3) is 0.200. The number of benzene rings is 2. The molecule has 100 valence electrons. The van der Waals surface area contributed by atoms with Crippen LogP contribution in [0.1, 0.15) is 22.1 Å². The molecule has 2 aromatic rings. The lowest BCUT2D eigenvalue weighted by Crippen LogP contribution is -1.96. The van der Waals surface area contributed by atoms with E-state index in [2.05, 4.69) is 0 Å². The number of alkyl halides is 1. The first-order valence-corrected chi connectivity index (χ1v) is 6.58. The van der Waals surface area contributed by atoms with E-state index < -0.39 is 0 Å². The molecule has 0 fully saturated rings. The van der Waals surface area contributed by atoms with Crippen LogP contribution in [0.3, 0.4) is 0 Å². The molecule has 0 aromatic heterocycles. The molecule has 0 aliphatic heterocycles. The molecule has 0 bridgehead atoms. The zero-order chi connectivity index (χ0) is 14.0. The predicted octanol–water partition coefficient (Wildman–Crippen LogP) is 5.12. The molecule has 1 unspecified atom stereocenters. The fourth-order valence-electron chi connectivity index (χ4n) is 1.86. The maximum absolute atomic E-state index is 13.2. The van der Waals surface area contributed by atoms with E-state index in [1.807, 2.05) is 6.07 Å². The van der Waals surface area contributed by atoms with Crippen LogP contribution in [0.15, 0.2) is 36.4 Å². The van der Waals surface area contributed by atoms with Gasteiger partial charge in [-0.25, -0.2) is 4.39 Å². The van der Waals surface area contributed by atoms with Crippen molar-refractivity contribution in [3.63, 3.8) is 0 Å². The minimum Gasteiger partial charge on any atom is -0.495 e. The standard InChI is InChI=1S/C15H13Cl2FO/c1-9-7-10(3-5-13(9)18)15(17)11-4-6-14(19-2)12(16)8-11/h3-8,15H,1-2H3.